The van der Waals surface area contributed by atoms with Crippen LogP contribution in [0.1, 0.15) is 18.1 Å². The van der Waals surface area contributed by atoms with Gasteiger partial charge in [-0.25, -0.2) is 0 Å². The molecular weight excluding hydrogens is 328 g/mol. The highest BCUT2D eigenvalue weighted by molar-refractivity contribution is 6.30. The minimum atomic E-state index is -0.124. The second-order valence-corrected chi connectivity index (χ2v) is 6.24. The first kappa shape index (κ1) is 17.0. The first-order valence-electron chi connectivity index (χ1n) is 7.95. The third-order valence-electron chi connectivity index (χ3n) is 4.22. The smallest absolute Gasteiger partial charge is 0.260 e. The number of amides is 1. The topological polar surface area (TPSA) is 66.0 Å². The Morgan fingerprint density at radius 1 is 1.38 bits per heavy atom. The second kappa shape index (κ2) is 7.79. The molecule has 0 spiro atoms. The van der Waals surface area contributed by atoms with Crippen LogP contribution in [-0.4, -0.2) is 49.4 Å². The lowest BCUT2D eigenvalue weighted by molar-refractivity contribution is -0.120. The van der Waals surface area contributed by atoms with Crippen molar-refractivity contribution in [3.8, 4) is 0 Å². The van der Waals surface area contributed by atoms with Crippen molar-refractivity contribution in [3.63, 3.8) is 0 Å². The number of hydrazine groups is 1. The molecule has 0 aliphatic carbocycles. The van der Waals surface area contributed by atoms with Gasteiger partial charge in [-0.05, 0) is 24.1 Å². The van der Waals surface area contributed by atoms with Gasteiger partial charge in [0.25, 0.3) is 5.91 Å². The van der Waals surface area contributed by atoms with Gasteiger partial charge in [-0.2, -0.15) is 0 Å². The molecule has 0 saturated carbocycles. The molecule has 2 N–H and O–H groups in total. The van der Waals surface area contributed by atoms with E-state index in [0.29, 0.717) is 5.02 Å². The zero-order valence-corrected chi connectivity index (χ0v) is 14.3. The number of aliphatic imine (C=N–C) groups is 1. The van der Waals surface area contributed by atoms with E-state index in [-0.39, 0.29) is 24.6 Å². The van der Waals surface area contributed by atoms with Gasteiger partial charge in [0, 0.05) is 25.2 Å². The lowest BCUT2D eigenvalue weighted by Gasteiger charge is -2.36. The quantitative estimate of drug-likeness (QED) is 0.795. The summed E-state index contributed by atoms with van der Waals surface area (Å²) in [6.07, 6.45) is 5.18. The molecule has 128 valence electrons. The van der Waals surface area contributed by atoms with Crippen molar-refractivity contribution in [2.75, 3.05) is 26.7 Å². The summed E-state index contributed by atoms with van der Waals surface area (Å²) in [5.74, 6) is 0.637. The maximum absolute atomic E-state index is 11.3. The molecule has 0 bridgehead atoms. The van der Waals surface area contributed by atoms with Gasteiger partial charge in [-0.1, -0.05) is 35.9 Å². The third kappa shape index (κ3) is 3.95. The number of halogens is 1. The summed E-state index contributed by atoms with van der Waals surface area (Å²) < 4.78 is 5.69. The highest BCUT2D eigenvalue weighted by atomic mass is 35.5. The third-order valence-corrected chi connectivity index (χ3v) is 4.48. The van der Waals surface area contributed by atoms with Crippen LogP contribution in [0, 0.1) is 0 Å². The number of ether oxygens (including phenoxy) is 1. The number of rotatable bonds is 5. The largest absolute Gasteiger partial charge is 0.375 e. The Kier molecular flexibility index (Phi) is 5.50. The molecule has 2 atom stereocenters. The predicted molar refractivity (Wildman–Crippen MR) is 93.9 cm³/mol. The van der Waals surface area contributed by atoms with Crippen LogP contribution < -0.4 is 10.9 Å². The standard InChI is InChI=1S/C17H21ClN4O2/c1-24-15(12-5-7-13(18)8-6-12)11-22-9-3-2-4-14(22)17-19-10-16(23)20-21-17/h2,4-8,14-15H,3,9-11H2,1H3,(H,19,21)(H,20,23). The van der Waals surface area contributed by atoms with Crippen LogP contribution in [-0.2, 0) is 9.53 Å². The molecule has 3 rings (SSSR count). The molecule has 1 amide bonds. The summed E-state index contributed by atoms with van der Waals surface area (Å²) in [4.78, 5) is 17.9. The normalized spacial score (nSPS) is 22.5. The molecule has 1 aromatic carbocycles. The van der Waals surface area contributed by atoms with Crippen molar-refractivity contribution in [2.24, 2.45) is 4.99 Å². The number of benzene rings is 1. The van der Waals surface area contributed by atoms with E-state index in [0.717, 1.165) is 30.9 Å². The number of nitrogens with zero attached hydrogens (tertiary/aromatic N) is 2. The van der Waals surface area contributed by atoms with Crippen LogP contribution in [0.25, 0.3) is 0 Å². The van der Waals surface area contributed by atoms with Crippen molar-refractivity contribution in [1.82, 2.24) is 15.8 Å². The highest BCUT2D eigenvalue weighted by Crippen LogP contribution is 2.23. The summed E-state index contributed by atoms with van der Waals surface area (Å²) in [6.45, 7) is 1.79. The molecule has 6 nitrogen and oxygen atoms in total. The second-order valence-electron chi connectivity index (χ2n) is 5.81. The number of methoxy groups -OCH3 is 1. The Labute approximate surface area is 146 Å². The maximum Gasteiger partial charge on any atom is 0.260 e. The van der Waals surface area contributed by atoms with Gasteiger partial charge in [0.05, 0.1) is 12.1 Å². The Morgan fingerprint density at radius 3 is 2.83 bits per heavy atom. The van der Waals surface area contributed by atoms with E-state index in [4.69, 9.17) is 16.3 Å². The van der Waals surface area contributed by atoms with Crippen LogP contribution in [0.2, 0.25) is 5.02 Å². The Bertz CT molecular complexity index is 644. The average Bonchev–Trinajstić information content (AvgIpc) is 2.62. The van der Waals surface area contributed by atoms with Gasteiger partial charge >= 0.3 is 0 Å². The lowest BCUT2D eigenvalue weighted by Crippen LogP contribution is -2.56. The summed E-state index contributed by atoms with van der Waals surface area (Å²) in [6, 6.07) is 7.73. The van der Waals surface area contributed by atoms with E-state index in [1.54, 1.807) is 7.11 Å². The van der Waals surface area contributed by atoms with Crippen LogP contribution in [0.5, 0.6) is 0 Å². The van der Waals surface area contributed by atoms with Crippen molar-refractivity contribution < 1.29 is 9.53 Å². The summed E-state index contributed by atoms with van der Waals surface area (Å²) in [5, 5.41) is 0.712. The molecule has 2 unspecified atom stereocenters. The van der Waals surface area contributed by atoms with Gasteiger partial charge in [-0.3, -0.25) is 25.5 Å². The SMILES string of the molecule is COC(CN1CCC=CC1C1=NCC(=O)NN1)c1ccc(Cl)cc1. The van der Waals surface area contributed by atoms with Crippen molar-refractivity contribution in [3.05, 3.63) is 47.0 Å². The van der Waals surface area contributed by atoms with Crippen LogP contribution in [0.4, 0.5) is 0 Å². The Balaban J connectivity index is 1.74. The van der Waals surface area contributed by atoms with E-state index in [1.165, 1.54) is 0 Å². The van der Waals surface area contributed by atoms with E-state index in [9.17, 15) is 4.79 Å². The number of carbonyl (C=O) groups excluding carboxylic acids is 1. The molecule has 1 aromatic rings. The monoisotopic (exact) mass is 348 g/mol. The molecule has 0 fully saturated rings. The first-order valence-corrected chi connectivity index (χ1v) is 8.33. The molecule has 0 aromatic heterocycles. The molecule has 2 aliphatic rings. The predicted octanol–water partition coefficient (Wildman–Crippen LogP) is 1.69. The Hall–Kier alpha value is -1.89. The summed E-state index contributed by atoms with van der Waals surface area (Å²) in [7, 11) is 1.71. The van der Waals surface area contributed by atoms with Gasteiger partial charge in [0.1, 0.15) is 12.4 Å². The average molecular weight is 349 g/mol. The molecule has 0 radical (unpaired) electrons. The van der Waals surface area contributed by atoms with Gasteiger partial charge in [-0.15, -0.1) is 0 Å². The van der Waals surface area contributed by atoms with Crippen LogP contribution >= 0.6 is 11.6 Å². The van der Waals surface area contributed by atoms with Gasteiger partial charge < -0.3 is 4.74 Å². The van der Waals surface area contributed by atoms with Crippen molar-refractivity contribution in [2.45, 2.75) is 18.6 Å². The van der Waals surface area contributed by atoms with Crippen LogP contribution in [0.3, 0.4) is 0 Å². The molecule has 0 saturated heterocycles. The van der Waals surface area contributed by atoms with Crippen molar-refractivity contribution in [1.29, 1.82) is 0 Å². The lowest BCUT2D eigenvalue weighted by atomic mass is 10.0. The van der Waals surface area contributed by atoms with Gasteiger partial charge in [0.15, 0.2) is 0 Å². The minimum absolute atomic E-state index is 0.00398. The minimum Gasteiger partial charge on any atom is -0.375 e. The van der Waals surface area contributed by atoms with E-state index in [2.05, 4.69) is 32.9 Å². The Morgan fingerprint density at radius 2 is 2.17 bits per heavy atom. The maximum atomic E-state index is 11.3. The highest BCUT2D eigenvalue weighted by Gasteiger charge is 2.28. The van der Waals surface area contributed by atoms with E-state index in [1.807, 2.05) is 24.3 Å². The van der Waals surface area contributed by atoms with Crippen LogP contribution in [0.15, 0.2) is 41.4 Å². The van der Waals surface area contributed by atoms with E-state index < -0.39 is 0 Å². The zero-order chi connectivity index (χ0) is 16.9. The zero-order valence-electron chi connectivity index (χ0n) is 13.5. The summed E-state index contributed by atoms with van der Waals surface area (Å²) in [5.41, 5.74) is 6.62. The first-order chi connectivity index (χ1) is 11.7. The summed E-state index contributed by atoms with van der Waals surface area (Å²) >= 11 is 5.97. The molecule has 24 heavy (non-hydrogen) atoms. The number of amidine groups is 1. The fraction of sp³-hybridized carbons (Fsp3) is 0.412. The number of hydrogen-bond acceptors (Lipinski definition) is 5. The van der Waals surface area contributed by atoms with Crippen molar-refractivity contribution >= 4 is 23.3 Å². The number of nitrogens with one attached hydrogen (secondary N) is 2. The molecule has 2 aliphatic heterocycles. The van der Waals surface area contributed by atoms with E-state index >= 15 is 0 Å². The fourth-order valence-electron chi connectivity index (χ4n) is 2.94. The molecule has 7 heteroatoms. The number of carbonyl (C=O) groups is 1. The number of hydrogen-bond donors (Lipinski definition) is 2. The van der Waals surface area contributed by atoms with Gasteiger partial charge in [0.2, 0.25) is 0 Å². The molecule has 2 heterocycles. The fourth-order valence-corrected chi connectivity index (χ4v) is 3.06. The molecular formula is C17H21ClN4O2.